The number of piperidine rings is 1. The minimum atomic E-state index is -0.567. The van der Waals surface area contributed by atoms with Crippen molar-refractivity contribution in [3.8, 4) is 0 Å². The molecule has 2 aliphatic rings. The highest BCUT2D eigenvalue weighted by molar-refractivity contribution is 6.05. The van der Waals surface area contributed by atoms with Crippen molar-refractivity contribution < 1.29 is 14.4 Å². The topological polar surface area (TPSA) is 105 Å². The van der Waals surface area contributed by atoms with Crippen LogP contribution in [-0.4, -0.2) is 41.2 Å². The fraction of sp³-hybridized carbons (Fsp3) is 0.471. The Morgan fingerprint density at radius 1 is 1.38 bits per heavy atom. The van der Waals surface area contributed by atoms with Crippen molar-refractivity contribution >= 4 is 17.7 Å². The van der Waals surface area contributed by atoms with E-state index in [1.165, 1.54) is 0 Å². The molecule has 2 atom stereocenters. The van der Waals surface area contributed by atoms with Crippen molar-refractivity contribution in [2.24, 2.45) is 5.73 Å². The van der Waals surface area contributed by atoms with E-state index in [0.717, 1.165) is 17.7 Å². The minimum Gasteiger partial charge on any atom is -0.327 e. The average molecular weight is 330 g/mol. The number of carbonyl (C=O) groups excluding carboxylic acids is 3. The SMILES string of the molecule is CC(N)CNCc1ccc2c(c1)CN(C1CCC(=O)NC1=O)C2=O. The van der Waals surface area contributed by atoms with Crippen molar-refractivity contribution in [2.45, 2.75) is 44.9 Å². The number of amides is 3. The van der Waals surface area contributed by atoms with Gasteiger partial charge in [-0.1, -0.05) is 12.1 Å². The average Bonchev–Trinajstić information content (AvgIpc) is 2.83. The van der Waals surface area contributed by atoms with Gasteiger partial charge in [0.1, 0.15) is 6.04 Å². The Morgan fingerprint density at radius 2 is 2.17 bits per heavy atom. The van der Waals surface area contributed by atoms with Crippen LogP contribution in [0.5, 0.6) is 0 Å². The Bertz CT molecular complexity index is 686. The molecule has 0 saturated carbocycles. The van der Waals surface area contributed by atoms with Crippen LogP contribution in [0.4, 0.5) is 0 Å². The second-order valence-corrected chi connectivity index (χ2v) is 6.50. The zero-order valence-electron chi connectivity index (χ0n) is 13.7. The largest absolute Gasteiger partial charge is 0.327 e. The van der Waals surface area contributed by atoms with Crippen molar-refractivity contribution in [3.05, 3.63) is 34.9 Å². The molecule has 0 aliphatic carbocycles. The van der Waals surface area contributed by atoms with Gasteiger partial charge >= 0.3 is 0 Å². The van der Waals surface area contributed by atoms with E-state index in [0.29, 0.717) is 25.1 Å². The summed E-state index contributed by atoms with van der Waals surface area (Å²) >= 11 is 0. The fourth-order valence-electron chi connectivity index (χ4n) is 3.18. The van der Waals surface area contributed by atoms with Crippen LogP contribution < -0.4 is 16.4 Å². The molecule has 4 N–H and O–H groups in total. The molecule has 128 valence electrons. The predicted molar refractivity (Wildman–Crippen MR) is 87.8 cm³/mol. The summed E-state index contributed by atoms with van der Waals surface area (Å²) in [6, 6.07) is 5.24. The third-order valence-corrected chi connectivity index (χ3v) is 4.38. The summed E-state index contributed by atoms with van der Waals surface area (Å²) < 4.78 is 0. The maximum Gasteiger partial charge on any atom is 0.255 e. The van der Waals surface area contributed by atoms with E-state index in [-0.39, 0.29) is 30.2 Å². The molecule has 3 amide bonds. The van der Waals surface area contributed by atoms with Crippen LogP contribution in [0.1, 0.15) is 41.3 Å². The number of nitrogens with one attached hydrogen (secondary N) is 2. The third kappa shape index (κ3) is 3.32. The molecule has 2 unspecified atom stereocenters. The van der Waals surface area contributed by atoms with E-state index in [9.17, 15) is 14.4 Å². The van der Waals surface area contributed by atoms with E-state index in [2.05, 4.69) is 10.6 Å². The van der Waals surface area contributed by atoms with E-state index in [4.69, 9.17) is 5.73 Å². The Hall–Kier alpha value is -2.25. The summed E-state index contributed by atoms with van der Waals surface area (Å²) in [7, 11) is 0. The standard InChI is InChI=1S/C17H22N4O3/c1-10(18)7-19-8-11-2-3-13-12(6-11)9-21(17(13)24)14-4-5-15(22)20-16(14)23/h2-3,6,10,14,19H,4-5,7-9,18H2,1H3,(H,20,22,23). The minimum absolute atomic E-state index is 0.0871. The quantitative estimate of drug-likeness (QED) is 0.653. The van der Waals surface area contributed by atoms with E-state index in [1.807, 2.05) is 25.1 Å². The molecular formula is C17H22N4O3. The van der Waals surface area contributed by atoms with Crippen molar-refractivity contribution in [2.75, 3.05) is 6.54 Å². The smallest absolute Gasteiger partial charge is 0.255 e. The van der Waals surface area contributed by atoms with Gasteiger partial charge in [-0.15, -0.1) is 0 Å². The van der Waals surface area contributed by atoms with Crippen LogP contribution in [0, 0.1) is 0 Å². The van der Waals surface area contributed by atoms with Crippen LogP contribution in [0.25, 0.3) is 0 Å². The molecule has 0 spiro atoms. The van der Waals surface area contributed by atoms with Crippen LogP contribution in [0.15, 0.2) is 18.2 Å². The number of fused-ring (bicyclic) bond motifs is 1. The van der Waals surface area contributed by atoms with Gasteiger partial charge in [-0.25, -0.2) is 0 Å². The molecule has 24 heavy (non-hydrogen) atoms. The first-order valence-corrected chi connectivity index (χ1v) is 8.18. The zero-order chi connectivity index (χ0) is 17.3. The lowest BCUT2D eigenvalue weighted by Gasteiger charge is -2.29. The first-order chi connectivity index (χ1) is 11.5. The lowest BCUT2D eigenvalue weighted by molar-refractivity contribution is -0.136. The number of nitrogens with two attached hydrogens (primary N) is 1. The normalized spacial score (nSPS) is 21.7. The number of imide groups is 1. The molecule has 0 radical (unpaired) electrons. The molecule has 2 aliphatic heterocycles. The van der Waals surface area contributed by atoms with E-state index in [1.54, 1.807) is 4.90 Å². The molecule has 1 aromatic carbocycles. The number of benzene rings is 1. The molecule has 0 aromatic heterocycles. The Balaban J connectivity index is 1.70. The van der Waals surface area contributed by atoms with Gasteiger partial charge in [-0.05, 0) is 30.5 Å². The fourth-order valence-corrected chi connectivity index (χ4v) is 3.18. The molecular weight excluding hydrogens is 308 g/mol. The molecule has 3 rings (SSSR count). The molecule has 7 heteroatoms. The summed E-state index contributed by atoms with van der Waals surface area (Å²) in [4.78, 5) is 37.4. The van der Waals surface area contributed by atoms with Gasteiger partial charge in [-0.3, -0.25) is 19.7 Å². The van der Waals surface area contributed by atoms with Crippen LogP contribution in [0.3, 0.4) is 0 Å². The van der Waals surface area contributed by atoms with Gasteiger partial charge in [0.05, 0.1) is 0 Å². The summed E-state index contributed by atoms with van der Waals surface area (Å²) in [6.45, 7) is 3.74. The molecule has 1 fully saturated rings. The second kappa shape index (κ2) is 6.70. The molecule has 1 saturated heterocycles. The third-order valence-electron chi connectivity index (χ3n) is 4.38. The summed E-state index contributed by atoms with van der Waals surface area (Å²) in [5, 5.41) is 5.57. The lowest BCUT2D eigenvalue weighted by atomic mass is 10.0. The van der Waals surface area contributed by atoms with Gasteiger partial charge in [0, 0.05) is 37.7 Å². The number of nitrogens with zero attached hydrogens (tertiary/aromatic N) is 1. The summed E-state index contributed by atoms with van der Waals surface area (Å²) in [6.07, 6.45) is 0.649. The van der Waals surface area contributed by atoms with Gasteiger partial charge in [0.2, 0.25) is 11.8 Å². The van der Waals surface area contributed by atoms with E-state index < -0.39 is 6.04 Å². The zero-order valence-corrected chi connectivity index (χ0v) is 13.7. The van der Waals surface area contributed by atoms with Gasteiger partial charge in [-0.2, -0.15) is 0 Å². The molecule has 2 heterocycles. The van der Waals surface area contributed by atoms with Gasteiger partial charge in [0.25, 0.3) is 5.91 Å². The predicted octanol–water partition coefficient (Wildman–Crippen LogP) is -0.116. The Labute approximate surface area is 140 Å². The summed E-state index contributed by atoms with van der Waals surface area (Å²) in [5.41, 5.74) is 8.35. The highest BCUT2D eigenvalue weighted by Gasteiger charge is 2.38. The van der Waals surface area contributed by atoms with Crippen LogP contribution in [0.2, 0.25) is 0 Å². The van der Waals surface area contributed by atoms with E-state index >= 15 is 0 Å². The highest BCUT2D eigenvalue weighted by atomic mass is 16.2. The number of hydrogen-bond donors (Lipinski definition) is 3. The molecule has 0 bridgehead atoms. The van der Waals surface area contributed by atoms with Crippen LogP contribution >= 0.6 is 0 Å². The molecule has 7 nitrogen and oxygen atoms in total. The Morgan fingerprint density at radius 3 is 2.88 bits per heavy atom. The number of carbonyl (C=O) groups is 3. The monoisotopic (exact) mass is 330 g/mol. The number of hydrogen-bond acceptors (Lipinski definition) is 5. The van der Waals surface area contributed by atoms with Gasteiger partial charge < -0.3 is 16.0 Å². The first kappa shape index (κ1) is 16.6. The second-order valence-electron chi connectivity index (χ2n) is 6.50. The van der Waals surface area contributed by atoms with Crippen LogP contribution in [-0.2, 0) is 22.7 Å². The van der Waals surface area contributed by atoms with Crippen molar-refractivity contribution in [3.63, 3.8) is 0 Å². The maximum atomic E-state index is 12.6. The Kier molecular flexibility index (Phi) is 4.64. The highest BCUT2D eigenvalue weighted by Crippen LogP contribution is 2.28. The van der Waals surface area contributed by atoms with Gasteiger partial charge in [0.15, 0.2) is 0 Å². The number of rotatable bonds is 5. The lowest BCUT2D eigenvalue weighted by Crippen LogP contribution is -2.52. The van der Waals surface area contributed by atoms with Crippen molar-refractivity contribution in [1.82, 2.24) is 15.5 Å². The van der Waals surface area contributed by atoms with Crippen molar-refractivity contribution in [1.29, 1.82) is 0 Å². The maximum absolute atomic E-state index is 12.6. The summed E-state index contributed by atoms with van der Waals surface area (Å²) in [5.74, 6) is -0.802. The molecule has 1 aromatic rings. The first-order valence-electron chi connectivity index (χ1n) is 8.18.